The highest BCUT2D eigenvalue weighted by Gasteiger charge is 2.32. The number of halogens is 7. The number of nitrogen functional groups attached to an aromatic ring is 1. The fourth-order valence-electron chi connectivity index (χ4n) is 4.84. The number of nitrogens with zero attached hydrogens (tertiary/aromatic N) is 2. The largest absolute Gasteiger partial charge is 0.469 e. The van der Waals surface area contributed by atoms with Gasteiger partial charge in [-0.05, 0) is 84.3 Å². The van der Waals surface area contributed by atoms with Gasteiger partial charge in [-0.25, -0.2) is 18.4 Å². The first-order chi connectivity index (χ1) is 26.4. The van der Waals surface area contributed by atoms with Crippen molar-refractivity contribution in [2.24, 2.45) is 0 Å². The summed E-state index contributed by atoms with van der Waals surface area (Å²) in [6.45, 7) is 3.94. The Kier molecular flexibility index (Phi) is 23.8. The molecule has 0 aliphatic heterocycles. The molecule has 0 fully saturated rings. The van der Waals surface area contributed by atoms with Gasteiger partial charge in [-0.2, -0.15) is 34.8 Å². The third kappa shape index (κ3) is 18.5. The summed E-state index contributed by atoms with van der Waals surface area (Å²) in [4.78, 5) is 29.2. The summed E-state index contributed by atoms with van der Waals surface area (Å²) in [5.41, 5.74) is 6.41. The van der Waals surface area contributed by atoms with E-state index in [0.717, 1.165) is 29.3 Å². The lowest BCUT2D eigenvalue weighted by Crippen LogP contribution is -2.16. The summed E-state index contributed by atoms with van der Waals surface area (Å²) in [7, 11) is -0.691. The van der Waals surface area contributed by atoms with E-state index in [-0.39, 0.29) is 58.2 Å². The van der Waals surface area contributed by atoms with Gasteiger partial charge in [0.2, 0.25) is 0 Å². The fraction of sp³-hybridized carbons (Fsp3) is 0.385. The molecule has 0 amide bonds. The number of ether oxygens (including phenoxy) is 2. The normalized spacial score (nSPS) is 12.1. The summed E-state index contributed by atoms with van der Waals surface area (Å²) >= 11 is 0. The molecule has 21 heteroatoms. The quantitative estimate of drug-likeness (QED) is 0.0596. The monoisotopic (exact) mass is 916 g/mol. The van der Waals surface area contributed by atoms with Gasteiger partial charge < -0.3 is 15.2 Å². The Morgan fingerprint density at radius 3 is 1.47 bits per heavy atom. The predicted molar refractivity (Wildman–Crippen MR) is 219 cm³/mol. The Bertz CT molecular complexity index is 2160. The number of carbonyl (C=O) groups is 2. The van der Waals surface area contributed by atoms with Crippen LogP contribution in [-0.2, 0) is 50.5 Å². The number of carbonyl (C=O) groups excluding carboxylic acids is 2. The zero-order valence-electron chi connectivity index (χ0n) is 30.8. The highest BCUT2D eigenvalue weighted by atomic mass is 35.7. The molecule has 2 aromatic carbocycles. The third-order valence-electron chi connectivity index (χ3n) is 7.91. The minimum Gasteiger partial charge on any atom is -0.469 e. The van der Waals surface area contributed by atoms with Crippen LogP contribution in [0.15, 0.2) is 95.2 Å². The van der Waals surface area contributed by atoms with Crippen LogP contribution < -0.4 is 10.5 Å². The molecule has 0 spiro atoms. The van der Waals surface area contributed by atoms with E-state index in [1.807, 2.05) is 31.2 Å². The maximum absolute atomic E-state index is 12.6. The average molecular weight is 917 g/mol. The van der Waals surface area contributed by atoms with Gasteiger partial charge >= 0.3 is 24.3 Å². The van der Waals surface area contributed by atoms with Crippen LogP contribution in [0.3, 0.4) is 0 Å². The lowest BCUT2D eigenvalue weighted by Gasteiger charge is -2.16. The number of hydrogen-bond donors (Lipinski definition) is 2. The second-order valence-corrected chi connectivity index (χ2v) is 16.0. The van der Waals surface area contributed by atoms with Gasteiger partial charge in [0.15, 0.2) is 10.1 Å². The van der Waals surface area contributed by atoms with Gasteiger partial charge in [0.25, 0.3) is 19.1 Å². The van der Waals surface area contributed by atoms with Crippen LogP contribution >= 0.6 is 10.7 Å². The van der Waals surface area contributed by atoms with Crippen LogP contribution in [0.4, 0.5) is 37.7 Å². The van der Waals surface area contributed by atoms with E-state index in [9.17, 15) is 52.8 Å². The van der Waals surface area contributed by atoms with Gasteiger partial charge in [-0.1, -0.05) is 60.4 Å². The van der Waals surface area contributed by atoms with Crippen LogP contribution in [0.2, 0.25) is 0 Å². The lowest BCUT2D eigenvalue weighted by atomic mass is 9.93. The molecule has 0 saturated heterocycles. The molecule has 2 aromatic heterocycles. The summed E-state index contributed by atoms with van der Waals surface area (Å²) < 4.78 is 131. The standard InChI is InChI=1S/C18H19F3N2O4S.C12H17NO2.C6H3ClF3NO2S.3CH4/c1-3-12(10-17(24)27-2)13-5-4-6-15(9-13)23-28(25,26)16-8-7-14(11-22-16)18(19,20)21;1-3-9(8-12(14)15-2)10-5-4-6-11(13)7-10;7-14(12,13)5-2-1-4(3-11-5)6(8,9)10;;;/h4-9,11-12,23H,3,10H2,1-2H3;4-7,9H,3,8,13H2,1-2H3;1-3H;3*1H4. The summed E-state index contributed by atoms with van der Waals surface area (Å²) in [6, 6.07) is 16.8. The van der Waals surface area contributed by atoms with Gasteiger partial charge in [0, 0.05) is 34.5 Å². The van der Waals surface area contributed by atoms with Crippen molar-refractivity contribution < 1.29 is 62.2 Å². The maximum Gasteiger partial charge on any atom is 0.417 e. The zero-order chi connectivity index (χ0) is 43.2. The van der Waals surface area contributed by atoms with Crippen molar-refractivity contribution in [2.75, 3.05) is 24.7 Å². The average Bonchev–Trinajstić information content (AvgIpc) is 3.15. The first kappa shape index (κ1) is 57.1. The number of sulfonamides is 1. The van der Waals surface area contributed by atoms with E-state index in [1.165, 1.54) is 20.3 Å². The number of nitrogens with two attached hydrogens (primary N) is 1. The molecule has 0 bridgehead atoms. The summed E-state index contributed by atoms with van der Waals surface area (Å²) in [6.07, 6.45) is -6.18. The van der Waals surface area contributed by atoms with Crippen LogP contribution in [0.5, 0.6) is 0 Å². The van der Waals surface area contributed by atoms with E-state index in [1.54, 1.807) is 18.2 Å². The number of rotatable bonds is 12. The van der Waals surface area contributed by atoms with Gasteiger partial charge in [-0.15, -0.1) is 0 Å². The van der Waals surface area contributed by atoms with Gasteiger partial charge in [-0.3, -0.25) is 14.3 Å². The van der Waals surface area contributed by atoms with Crippen molar-refractivity contribution in [1.29, 1.82) is 0 Å². The van der Waals surface area contributed by atoms with Crippen molar-refractivity contribution in [2.45, 2.75) is 96.1 Å². The smallest absolute Gasteiger partial charge is 0.417 e. The van der Waals surface area contributed by atoms with Crippen LogP contribution in [0.25, 0.3) is 0 Å². The Morgan fingerprint density at radius 1 is 0.700 bits per heavy atom. The number of aromatic nitrogens is 2. The minimum absolute atomic E-state index is 0. The molecule has 0 aliphatic rings. The number of nitrogens with one attached hydrogen (secondary N) is 1. The Hall–Kier alpha value is -4.95. The van der Waals surface area contributed by atoms with E-state index >= 15 is 0 Å². The van der Waals surface area contributed by atoms with Gasteiger partial charge in [0.1, 0.15) is 0 Å². The first-order valence-electron chi connectivity index (χ1n) is 16.6. The van der Waals surface area contributed by atoms with Crippen LogP contribution in [0, 0.1) is 0 Å². The fourth-order valence-corrected chi connectivity index (χ4v) is 6.50. The number of methoxy groups -OCH3 is 2. The van der Waals surface area contributed by atoms with Crippen molar-refractivity contribution in [1.82, 2.24) is 9.97 Å². The second-order valence-electron chi connectivity index (χ2n) is 11.9. The molecule has 2 atom stereocenters. The zero-order valence-corrected chi connectivity index (χ0v) is 33.2. The lowest BCUT2D eigenvalue weighted by molar-refractivity contribution is -0.142. The van der Waals surface area contributed by atoms with E-state index in [4.69, 9.17) is 16.4 Å². The molecule has 60 heavy (non-hydrogen) atoms. The van der Waals surface area contributed by atoms with Crippen molar-refractivity contribution in [3.8, 4) is 0 Å². The molecular weight excluding hydrogens is 866 g/mol. The topological polar surface area (TPSA) is 185 Å². The number of hydrogen-bond acceptors (Lipinski definition) is 11. The second kappa shape index (κ2) is 25.0. The Labute approximate surface area is 352 Å². The minimum atomic E-state index is -4.61. The molecule has 4 aromatic rings. The van der Waals surface area contributed by atoms with Crippen LogP contribution in [-0.4, -0.2) is 53.0 Å². The molecule has 0 radical (unpaired) electrons. The molecule has 0 aliphatic carbocycles. The highest BCUT2D eigenvalue weighted by Crippen LogP contribution is 2.31. The first-order valence-corrected chi connectivity index (χ1v) is 20.4. The third-order valence-corrected chi connectivity index (χ3v) is 10.4. The van der Waals surface area contributed by atoms with Crippen LogP contribution in [0.1, 0.15) is 95.9 Å². The van der Waals surface area contributed by atoms with Crippen molar-refractivity contribution in [3.05, 3.63) is 107 Å². The highest BCUT2D eigenvalue weighted by molar-refractivity contribution is 8.13. The molecule has 0 saturated carbocycles. The SMILES string of the molecule is C.C.C.CCC(CC(=O)OC)c1cccc(N)c1.CCC(CC(=O)OC)c1cccc(NS(=O)(=O)c2ccc(C(F)(F)F)cn2)c1.O=S(=O)(Cl)c1ccc(C(F)(F)F)cn1. The van der Waals surface area contributed by atoms with Crippen molar-refractivity contribution >= 4 is 53.1 Å². The summed E-state index contributed by atoms with van der Waals surface area (Å²) in [5, 5.41) is -1.14. The molecule has 2 heterocycles. The number of alkyl halides is 6. The van der Waals surface area contributed by atoms with E-state index in [0.29, 0.717) is 43.4 Å². The van der Waals surface area contributed by atoms with Crippen molar-refractivity contribution in [3.63, 3.8) is 0 Å². The molecule has 2 unspecified atom stereocenters. The molecule has 336 valence electrons. The Balaban J connectivity index is 0. The number of esters is 2. The predicted octanol–water partition coefficient (Wildman–Crippen LogP) is 10.2. The summed E-state index contributed by atoms with van der Waals surface area (Å²) in [5.74, 6) is -0.530. The number of anilines is 2. The molecular formula is C39H51ClF6N4O8S2. The maximum atomic E-state index is 12.6. The van der Waals surface area contributed by atoms with Gasteiger partial charge in [0.05, 0.1) is 38.2 Å². The number of pyridine rings is 2. The number of benzene rings is 2. The van der Waals surface area contributed by atoms with E-state index < -0.39 is 52.6 Å². The van der Waals surface area contributed by atoms with E-state index in [2.05, 4.69) is 31.1 Å². The molecule has 3 N–H and O–H groups in total. The molecule has 4 rings (SSSR count). The Morgan fingerprint density at radius 2 is 1.12 bits per heavy atom. The molecule has 12 nitrogen and oxygen atoms in total.